The van der Waals surface area contributed by atoms with Crippen molar-refractivity contribution in [2.75, 3.05) is 13.2 Å². The first kappa shape index (κ1) is 22.3. The summed E-state index contributed by atoms with van der Waals surface area (Å²) in [5, 5.41) is 0. The van der Waals surface area contributed by atoms with E-state index in [1.54, 1.807) is 0 Å². The molecular weight excluding hydrogens is 484 g/mol. The SMILES string of the molecule is CC12CC[C@@H]3[C@]4(C)COC(c5cccc(Br)c5)O[C@@H]4CC[C@@]3(C)[C@@H]1CC(C1=CCOC1=O)O2. The van der Waals surface area contributed by atoms with Crippen LogP contribution < -0.4 is 0 Å². The number of fused-ring (bicyclic) bond motifs is 5. The number of rotatable bonds is 2. The molecule has 0 radical (unpaired) electrons. The van der Waals surface area contributed by atoms with Crippen LogP contribution in [-0.4, -0.2) is 37.0 Å². The Kier molecular flexibility index (Phi) is 5.16. The maximum Gasteiger partial charge on any atom is 0.336 e. The molecule has 2 aliphatic carbocycles. The fraction of sp³-hybridized carbons (Fsp3) is 0.667. The molecule has 0 bridgehead atoms. The second kappa shape index (κ2) is 7.64. The molecule has 0 aromatic heterocycles. The van der Waals surface area contributed by atoms with Gasteiger partial charge in [-0.2, -0.15) is 0 Å². The third-order valence-electron chi connectivity index (χ3n) is 9.65. The van der Waals surface area contributed by atoms with E-state index in [1.807, 2.05) is 18.2 Å². The molecule has 4 fully saturated rings. The van der Waals surface area contributed by atoms with Gasteiger partial charge in [0.15, 0.2) is 6.29 Å². The van der Waals surface area contributed by atoms with Gasteiger partial charge in [0.2, 0.25) is 0 Å². The van der Waals surface area contributed by atoms with Crippen molar-refractivity contribution in [2.24, 2.45) is 22.7 Å². The highest BCUT2D eigenvalue weighted by molar-refractivity contribution is 9.10. The zero-order valence-electron chi connectivity index (χ0n) is 19.6. The van der Waals surface area contributed by atoms with E-state index >= 15 is 0 Å². The molecule has 0 N–H and O–H groups in total. The van der Waals surface area contributed by atoms with Crippen LogP contribution in [0.2, 0.25) is 0 Å². The fourth-order valence-corrected chi connectivity index (χ4v) is 8.48. The molecule has 2 saturated heterocycles. The van der Waals surface area contributed by atoms with Crippen molar-refractivity contribution in [3.63, 3.8) is 0 Å². The minimum Gasteiger partial charge on any atom is -0.458 e. The molecule has 3 heterocycles. The average molecular weight is 517 g/mol. The number of carbonyl (C=O) groups excluding carboxylic acids is 1. The topological polar surface area (TPSA) is 54.0 Å². The number of cyclic esters (lactones) is 1. The third-order valence-corrected chi connectivity index (χ3v) is 10.1. The first-order valence-corrected chi connectivity index (χ1v) is 13.1. The standard InChI is InChI=1S/C27H33BrO5/c1-25-10-8-22-26(2,15-31-24(32-22)16-5-4-6-17(28)13-16)20(25)7-11-27(3)21(25)14-19(33-27)18-9-12-30-23(18)29/h4-6,9,13,19-22,24H,7-8,10-12,14-15H2,1-3H3/t19?,20-,21-,22+,24?,25+,26-,27?/m0/s1. The molecule has 0 spiro atoms. The highest BCUT2D eigenvalue weighted by Gasteiger charge is 2.66. The zero-order chi connectivity index (χ0) is 23.0. The van der Waals surface area contributed by atoms with Crippen LogP contribution in [-0.2, 0) is 23.7 Å². The van der Waals surface area contributed by atoms with Crippen molar-refractivity contribution in [1.29, 1.82) is 0 Å². The Morgan fingerprint density at radius 3 is 2.67 bits per heavy atom. The van der Waals surface area contributed by atoms with Gasteiger partial charge in [-0.15, -0.1) is 0 Å². The van der Waals surface area contributed by atoms with Crippen molar-refractivity contribution in [3.8, 4) is 0 Å². The Bertz CT molecular complexity index is 1010. The first-order chi connectivity index (χ1) is 15.7. The lowest BCUT2D eigenvalue weighted by molar-refractivity contribution is -0.314. The van der Waals surface area contributed by atoms with E-state index in [2.05, 4.69) is 48.8 Å². The minimum absolute atomic E-state index is 0.0273. The third kappa shape index (κ3) is 3.31. The highest BCUT2D eigenvalue weighted by atomic mass is 79.9. The van der Waals surface area contributed by atoms with Crippen LogP contribution >= 0.6 is 15.9 Å². The van der Waals surface area contributed by atoms with Gasteiger partial charge in [-0.25, -0.2) is 4.79 Å². The van der Waals surface area contributed by atoms with Crippen molar-refractivity contribution in [1.82, 2.24) is 0 Å². The van der Waals surface area contributed by atoms with Crippen LogP contribution in [0.25, 0.3) is 0 Å². The monoisotopic (exact) mass is 516 g/mol. The summed E-state index contributed by atoms with van der Waals surface area (Å²) >= 11 is 3.57. The predicted molar refractivity (Wildman–Crippen MR) is 126 cm³/mol. The molecule has 0 amide bonds. The maximum atomic E-state index is 12.2. The van der Waals surface area contributed by atoms with E-state index in [4.69, 9.17) is 18.9 Å². The lowest BCUT2D eigenvalue weighted by Crippen LogP contribution is -2.63. The summed E-state index contributed by atoms with van der Waals surface area (Å²) in [7, 11) is 0. The number of hydrogen-bond donors (Lipinski definition) is 0. The molecule has 6 heteroatoms. The summed E-state index contributed by atoms with van der Waals surface area (Å²) in [6, 6.07) is 8.23. The van der Waals surface area contributed by atoms with Gasteiger partial charge in [-0.3, -0.25) is 0 Å². The van der Waals surface area contributed by atoms with Gasteiger partial charge >= 0.3 is 5.97 Å². The second-order valence-corrected chi connectivity index (χ2v) is 12.3. The van der Waals surface area contributed by atoms with Gasteiger partial charge in [0.1, 0.15) is 6.61 Å². The summed E-state index contributed by atoms with van der Waals surface area (Å²) in [5.74, 6) is 0.702. The summed E-state index contributed by atoms with van der Waals surface area (Å²) in [4.78, 5) is 12.2. The first-order valence-electron chi connectivity index (χ1n) is 12.3. The van der Waals surface area contributed by atoms with Crippen molar-refractivity contribution >= 4 is 21.9 Å². The van der Waals surface area contributed by atoms with Crippen LogP contribution in [0.3, 0.4) is 0 Å². The van der Waals surface area contributed by atoms with Gasteiger partial charge in [0, 0.05) is 15.5 Å². The predicted octanol–water partition coefficient (Wildman–Crippen LogP) is 5.73. The van der Waals surface area contributed by atoms with Gasteiger partial charge in [0.25, 0.3) is 0 Å². The molecule has 6 rings (SSSR count). The van der Waals surface area contributed by atoms with Crippen molar-refractivity contribution in [2.45, 2.75) is 77.0 Å². The van der Waals surface area contributed by atoms with Crippen LogP contribution in [0.15, 0.2) is 40.4 Å². The lowest BCUT2D eigenvalue weighted by Gasteiger charge is -2.64. The normalized spacial score (nSPS) is 46.7. The number of esters is 1. The Balaban J connectivity index is 1.26. The van der Waals surface area contributed by atoms with Gasteiger partial charge in [0.05, 0.1) is 30.0 Å². The largest absolute Gasteiger partial charge is 0.458 e. The molecule has 1 aromatic carbocycles. The van der Waals surface area contributed by atoms with Crippen LogP contribution in [0.4, 0.5) is 0 Å². The summed E-state index contributed by atoms with van der Waals surface area (Å²) in [6.45, 7) is 8.20. The summed E-state index contributed by atoms with van der Waals surface area (Å²) in [6.07, 6.45) is 6.79. The zero-order valence-corrected chi connectivity index (χ0v) is 21.2. The Labute approximate surface area is 204 Å². The average Bonchev–Trinajstić information content (AvgIpc) is 3.36. The Morgan fingerprint density at radius 1 is 1.06 bits per heavy atom. The van der Waals surface area contributed by atoms with Gasteiger partial charge in [-0.05, 0) is 74.5 Å². The molecule has 1 aromatic rings. The van der Waals surface area contributed by atoms with E-state index < -0.39 is 0 Å². The molecule has 33 heavy (non-hydrogen) atoms. The Hall–Kier alpha value is -1.21. The van der Waals surface area contributed by atoms with Crippen LogP contribution in [0, 0.1) is 22.7 Å². The molecule has 8 atom stereocenters. The van der Waals surface area contributed by atoms with Crippen LogP contribution in [0.1, 0.15) is 64.7 Å². The number of benzene rings is 1. The van der Waals surface area contributed by atoms with Crippen molar-refractivity contribution < 1.29 is 23.7 Å². The molecule has 178 valence electrons. The van der Waals surface area contributed by atoms with E-state index in [0.29, 0.717) is 25.0 Å². The summed E-state index contributed by atoms with van der Waals surface area (Å²) < 4.78 is 25.9. The smallest absolute Gasteiger partial charge is 0.336 e. The fourth-order valence-electron chi connectivity index (χ4n) is 8.07. The number of carbonyl (C=O) groups is 1. The number of halogens is 1. The molecule has 3 unspecified atom stereocenters. The van der Waals surface area contributed by atoms with Crippen molar-refractivity contribution in [3.05, 3.63) is 46.0 Å². The molecule has 5 nitrogen and oxygen atoms in total. The lowest BCUT2D eigenvalue weighted by atomic mass is 9.44. The summed E-state index contributed by atoms with van der Waals surface area (Å²) in [5.41, 5.74) is 1.70. The quantitative estimate of drug-likeness (QED) is 0.470. The van der Waals surface area contributed by atoms with E-state index in [0.717, 1.165) is 47.7 Å². The van der Waals surface area contributed by atoms with E-state index in [-0.39, 0.29) is 40.9 Å². The minimum atomic E-state index is -0.307. The number of ether oxygens (including phenoxy) is 4. The molecule has 5 aliphatic rings. The molecular formula is C27H33BrO5. The van der Waals surface area contributed by atoms with E-state index in [9.17, 15) is 4.79 Å². The van der Waals surface area contributed by atoms with Gasteiger partial charge < -0.3 is 18.9 Å². The van der Waals surface area contributed by atoms with Gasteiger partial charge in [-0.1, -0.05) is 41.9 Å². The maximum absolute atomic E-state index is 12.2. The van der Waals surface area contributed by atoms with Crippen LogP contribution in [0.5, 0.6) is 0 Å². The molecule has 2 saturated carbocycles. The van der Waals surface area contributed by atoms with E-state index in [1.165, 1.54) is 0 Å². The Morgan fingerprint density at radius 2 is 1.91 bits per heavy atom. The molecule has 3 aliphatic heterocycles. The number of hydrogen-bond acceptors (Lipinski definition) is 5. The second-order valence-electron chi connectivity index (χ2n) is 11.4. The highest BCUT2D eigenvalue weighted by Crippen LogP contribution is 2.67.